The molecule has 0 spiro atoms. The van der Waals surface area contributed by atoms with Gasteiger partial charge in [0.05, 0.1) is 11.5 Å². The zero-order valence-corrected chi connectivity index (χ0v) is 10.9. The van der Waals surface area contributed by atoms with Crippen LogP contribution in [0.25, 0.3) is 0 Å². The van der Waals surface area contributed by atoms with E-state index in [1.54, 1.807) is 6.92 Å². The second-order valence-corrected chi connectivity index (χ2v) is 4.20. The molecular formula is C10H15F3N4O3. The summed E-state index contributed by atoms with van der Waals surface area (Å²) in [7, 11) is 0. The van der Waals surface area contributed by atoms with Crippen LogP contribution in [0.5, 0.6) is 0 Å². The molecule has 2 N–H and O–H groups in total. The number of aliphatic hydroxyl groups excluding tert-OH is 1. The number of alkyl halides is 3. The molecule has 1 unspecified atom stereocenters. The number of anilines is 1. The van der Waals surface area contributed by atoms with Crippen LogP contribution in [0, 0.1) is 17.0 Å². The minimum Gasteiger partial charge on any atom is -0.382 e. The van der Waals surface area contributed by atoms with Gasteiger partial charge >= 0.3 is 11.9 Å². The fraction of sp³-hybridized carbons (Fsp3) is 0.700. The number of nitro groups is 1. The van der Waals surface area contributed by atoms with E-state index in [-0.39, 0.29) is 17.2 Å². The van der Waals surface area contributed by atoms with E-state index in [9.17, 15) is 23.3 Å². The Morgan fingerprint density at radius 1 is 1.55 bits per heavy atom. The monoisotopic (exact) mass is 296 g/mol. The fourth-order valence-electron chi connectivity index (χ4n) is 1.65. The third-order valence-electron chi connectivity index (χ3n) is 2.55. The van der Waals surface area contributed by atoms with E-state index >= 15 is 0 Å². The number of nitrogens with zero attached hydrogens (tertiary/aromatic N) is 3. The first-order chi connectivity index (χ1) is 9.18. The number of halogens is 3. The molecule has 0 radical (unpaired) electrons. The van der Waals surface area contributed by atoms with E-state index in [1.165, 1.54) is 11.6 Å². The molecule has 0 saturated carbocycles. The Hall–Kier alpha value is -1.84. The Kier molecular flexibility index (Phi) is 4.93. The Bertz CT molecular complexity index is 487. The van der Waals surface area contributed by atoms with Crippen LogP contribution in [0.3, 0.4) is 0 Å². The number of nitrogens with one attached hydrogen (secondary N) is 1. The highest BCUT2D eigenvalue weighted by atomic mass is 19.4. The highest BCUT2D eigenvalue weighted by Crippen LogP contribution is 2.29. The van der Waals surface area contributed by atoms with Crippen molar-refractivity contribution in [2.75, 3.05) is 11.9 Å². The molecule has 0 aliphatic rings. The van der Waals surface area contributed by atoms with E-state index in [0.717, 1.165) is 0 Å². The lowest BCUT2D eigenvalue weighted by molar-refractivity contribution is -0.384. The van der Waals surface area contributed by atoms with Gasteiger partial charge in [0.2, 0.25) is 5.82 Å². The second kappa shape index (κ2) is 6.07. The Labute approximate surface area is 112 Å². The Balaban J connectivity index is 3.00. The third kappa shape index (κ3) is 3.59. The first kappa shape index (κ1) is 16.2. The minimum atomic E-state index is -4.79. The van der Waals surface area contributed by atoms with E-state index < -0.39 is 23.7 Å². The molecule has 1 aromatic heterocycles. The molecule has 1 atom stereocenters. The zero-order valence-electron chi connectivity index (χ0n) is 10.9. The van der Waals surface area contributed by atoms with Crippen LogP contribution in [-0.4, -0.2) is 38.6 Å². The summed E-state index contributed by atoms with van der Waals surface area (Å²) in [6.45, 7) is 2.64. The average Bonchev–Trinajstić information content (AvgIpc) is 2.61. The highest BCUT2D eigenvalue weighted by Gasteiger charge is 2.38. The maximum Gasteiger partial charge on any atom is 0.416 e. The number of hydrogen-bond donors (Lipinski definition) is 2. The molecule has 1 rings (SSSR count). The predicted octanol–water partition coefficient (Wildman–Crippen LogP) is 1.84. The van der Waals surface area contributed by atoms with E-state index in [4.69, 9.17) is 5.11 Å². The molecule has 10 heteroatoms. The number of aromatic nitrogens is 2. The summed E-state index contributed by atoms with van der Waals surface area (Å²) < 4.78 is 37.9. The fourth-order valence-corrected chi connectivity index (χ4v) is 1.65. The zero-order chi connectivity index (χ0) is 15.5. The molecule has 0 aliphatic heterocycles. The molecule has 1 aromatic rings. The van der Waals surface area contributed by atoms with Crippen LogP contribution < -0.4 is 5.32 Å². The lowest BCUT2D eigenvalue weighted by atomic mass is 10.3. The summed E-state index contributed by atoms with van der Waals surface area (Å²) in [5.41, 5.74) is -0.278. The van der Waals surface area contributed by atoms with Crippen molar-refractivity contribution in [3.05, 3.63) is 15.8 Å². The topological polar surface area (TPSA) is 93.2 Å². The number of aryl methyl sites for hydroxylation is 2. The van der Waals surface area contributed by atoms with Gasteiger partial charge in [-0.15, -0.1) is 0 Å². The summed E-state index contributed by atoms with van der Waals surface area (Å²) in [6.07, 6.45) is -6.78. The standard InChI is InChI=1S/C10H15F3N4O3/c1-3-4-16-9(8(17(19)20)6(2)15-16)14-5-7(18)10(11,12)13/h7,14,18H,3-5H2,1-2H3. The predicted molar refractivity (Wildman–Crippen MR) is 64.5 cm³/mol. The largest absolute Gasteiger partial charge is 0.416 e. The van der Waals surface area contributed by atoms with Crippen molar-refractivity contribution in [1.82, 2.24) is 9.78 Å². The highest BCUT2D eigenvalue weighted by molar-refractivity contribution is 5.59. The average molecular weight is 296 g/mol. The quantitative estimate of drug-likeness (QED) is 0.617. The molecule has 0 fully saturated rings. The van der Waals surface area contributed by atoms with Gasteiger partial charge in [0.15, 0.2) is 6.10 Å². The van der Waals surface area contributed by atoms with Crippen molar-refractivity contribution in [2.24, 2.45) is 0 Å². The third-order valence-corrected chi connectivity index (χ3v) is 2.55. The van der Waals surface area contributed by atoms with Crippen LogP contribution in [0.2, 0.25) is 0 Å². The summed E-state index contributed by atoms with van der Waals surface area (Å²) >= 11 is 0. The van der Waals surface area contributed by atoms with Crippen LogP contribution in [0.4, 0.5) is 24.7 Å². The molecule has 7 nitrogen and oxygen atoms in total. The summed E-state index contributed by atoms with van der Waals surface area (Å²) in [6, 6.07) is 0. The number of hydrogen-bond acceptors (Lipinski definition) is 5. The van der Waals surface area contributed by atoms with Crippen molar-refractivity contribution in [3.8, 4) is 0 Å². The number of rotatable bonds is 6. The SMILES string of the molecule is CCCn1nc(C)c([N+](=O)[O-])c1NCC(O)C(F)(F)F. The van der Waals surface area contributed by atoms with Crippen LogP contribution in [0.1, 0.15) is 19.0 Å². The maximum atomic E-state index is 12.2. The Morgan fingerprint density at radius 3 is 2.60 bits per heavy atom. The van der Waals surface area contributed by atoms with Crippen LogP contribution in [0.15, 0.2) is 0 Å². The molecular weight excluding hydrogens is 281 g/mol. The van der Waals surface area contributed by atoms with E-state index in [2.05, 4.69) is 10.4 Å². The molecule has 0 saturated heterocycles. The second-order valence-electron chi connectivity index (χ2n) is 4.20. The molecule has 114 valence electrons. The van der Waals surface area contributed by atoms with Gasteiger partial charge in [0.25, 0.3) is 0 Å². The van der Waals surface area contributed by atoms with Crippen molar-refractivity contribution >= 4 is 11.5 Å². The van der Waals surface area contributed by atoms with Gasteiger partial charge in [-0.25, -0.2) is 4.68 Å². The number of aliphatic hydroxyl groups is 1. The minimum absolute atomic E-state index is 0.104. The van der Waals surface area contributed by atoms with E-state index in [1.807, 2.05) is 0 Å². The summed E-state index contributed by atoms with van der Waals surface area (Å²) in [4.78, 5) is 10.2. The van der Waals surface area contributed by atoms with Gasteiger partial charge in [0, 0.05) is 6.54 Å². The smallest absolute Gasteiger partial charge is 0.382 e. The van der Waals surface area contributed by atoms with Gasteiger partial charge in [-0.1, -0.05) is 6.92 Å². The lowest BCUT2D eigenvalue weighted by Crippen LogP contribution is -2.35. The van der Waals surface area contributed by atoms with Gasteiger partial charge in [-0.3, -0.25) is 10.1 Å². The maximum absolute atomic E-state index is 12.2. The first-order valence-corrected chi connectivity index (χ1v) is 5.88. The van der Waals surface area contributed by atoms with Crippen molar-refractivity contribution in [3.63, 3.8) is 0 Å². The molecule has 1 heterocycles. The van der Waals surface area contributed by atoms with Gasteiger partial charge in [-0.05, 0) is 13.3 Å². The summed E-state index contributed by atoms with van der Waals surface area (Å²) in [5.74, 6) is -0.127. The summed E-state index contributed by atoms with van der Waals surface area (Å²) in [5, 5.41) is 26.0. The van der Waals surface area contributed by atoms with Gasteiger partial charge in [0.1, 0.15) is 5.69 Å². The van der Waals surface area contributed by atoms with Gasteiger partial charge in [-0.2, -0.15) is 18.3 Å². The van der Waals surface area contributed by atoms with Crippen molar-refractivity contribution < 1.29 is 23.2 Å². The van der Waals surface area contributed by atoms with Crippen molar-refractivity contribution in [2.45, 2.75) is 39.1 Å². The van der Waals surface area contributed by atoms with Gasteiger partial charge < -0.3 is 10.4 Å². The molecule has 0 aromatic carbocycles. The molecule has 0 aliphatic carbocycles. The first-order valence-electron chi connectivity index (χ1n) is 5.88. The van der Waals surface area contributed by atoms with E-state index in [0.29, 0.717) is 13.0 Å². The van der Waals surface area contributed by atoms with Crippen molar-refractivity contribution in [1.29, 1.82) is 0 Å². The molecule has 20 heavy (non-hydrogen) atoms. The molecule has 0 bridgehead atoms. The van der Waals surface area contributed by atoms with Crippen LogP contribution >= 0.6 is 0 Å². The molecule has 0 amide bonds. The normalized spacial score (nSPS) is 13.3. The lowest BCUT2D eigenvalue weighted by Gasteiger charge is -2.16. The Morgan fingerprint density at radius 2 is 2.15 bits per heavy atom. The van der Waals surface area contributed by atoms with Crippen LogP contribution in [-0.2, 0) is 6.54 Å².